The fourth-order valence-electron chi connectivity index (χ4n) is 8.07. The molecule has 4 aliphatic rings. The first kappa shape index (κ1) is 20.2. The van der Waals surface area contributed by atoms with Gasteiger partial charge in [-0.05, 0) is 80.0 Å². The molecule has 0 bridgehead atoms. The Morgan fingerprint density at radius 2 is 1.71 bits per heavy atom. The second-order valence-electron chi connectivity index (χ2n) is 10.5. The van der Waals surface area contributed by atoms with Crippen molar-refractivity contribution in [1.82, 2.24) is 0 Å². The summed E-state index contributed by atoms with van der Waals surface area (Å²) in [5.41, 5.74) is -0.840. The Balaban J connectivity index is 1.57. The fourth-order valence-corrected chi connectivity index (χ4v) is 8.07. The van der Waals surface area contributed by atoms with Gasteiger partial charge in [0, 0.05) is 13.3 Å². The molecular weight excluding hydrogens is 356 g/mol. The average molecular weight is 393 g/mol. The van der Waals surface area contributed by atoms with Gasteiger partial charge < -0.3 is 14.6 Å². The minimum atomic E-state index is -0.749. The molecule has 0 heterocycles. The maximum atomic E-state index is 12.4. The minimum absolute atomic E-state index is 0.0248. The van der Waals surface area contributed by atoms with E-state index in [1.54, 1.807) is 0 Å². The topological polar surface area (TPSA) is 72.8 Å². The van der Waals surface area contributed by atoms with Crippen molar-refractivity contribution in [3.63, 3.8) is 0 Å². The van der Waals surface area contributed by atoms with E-state index in [1.807, 2.05) is 0 Å². The van der Waals surface area contributed by atoms with Crippen LogP contribution in [-0.2, 0) is 19.1 Å². The van der Waals surface area contributed by atoms with E-state index >= 15 is 0 Å². The molecule has 0 aromatic rings. The molecule has 4 rings (SSSR count). The highest BCUT2D eigenvalue weighted by molar-refractivity contribution is 5.73. The van der Waals surface area contributed by atoms with E-state index in [9.17, 15) is 14.7 Å². The first-order valence-electron chi connectivity index (χ1n) is 11.1. The molecular formula is C23H36O5. The molecule has 5 heteroatoms. The summed E-state index contributed by atoms with van der Waals surface area (Å²) < 4.78 is 10.6. The van der Waals surface area contributed by atoms with Gasteiger partial charge in [-0.3, -0.25) is 9.59 Å². The molecule has 4 aliphatic carbocycles. The van der Waals surface area contributed by atoms with Crippen LogP contribution in [0.3, 0.4) is 0 Å². The van der Waals surface area contributed by atoms with E-state index in [4.69, 9.17) is 9.47 Å². The van der Waals surface area contributed by atoms with Crippen LogP contribution >= 0.6 is 0 Å². The van der Waals surface area contributed by atoms with Gasteiger partial charge >= 0.3 is 11.9 Å². The summed E-state index contributed by atoms with van der Waals surface area (Å²) in [6.45, 7) is 6.04. The first-order chi connectivity index (χ1) is 13.1. The Morgan fingerprint density at radius 3 is 2.39 bits per heavy atom. The van der Waals surface area contributed by atoms with E-state index in [-0.39, 0.29) is 34.8 Å². The number of hydrogen-bond acceptors (Lipinski definition) is 5. The second kappa shape index (κ2) is 6.72. The molecule has 28 heavy (non-hydrogen) atoms. The monoisotopic (exact) mass is 392 g/mol. The van der Waals surface area contributed by atoms with E-state index < -0.39 is 5.60 Å². The third kappa shape index (κ3) is 2.75. The highest BCUT2D eigenvalue weighted by Crippen LogP contribution is 2.68. The lowest BCUT2D eigenvalue weighted by molar-refractivity contribution is -0.224. The lowest BCUT2D eigenvalue weighted by Gasteiger charge is -2.64. The summed E-state index contributed by atoms with van der Waals surface area (Å²) in [5, 5.41) is 11.7. The number of rotatable bonds is 2. The number of fused-ring (bicyclic) bond motifs is 5. The smallest absolute Gasteiger partial charge is 0.309 e. The van der Waals surface area contributed by atoms with Crippen molar-refractivity contribution in [2.45, 2.75) is 90.3 Å². The molecule has 4 fully saturated rings. The van der Waals surface area contributed by atoms with Crippen LogP contribution in [0.15, 0.2) is 0 Å². The lowest BCUT2D eigenvalue weighted by Crippen LogP contribution is -2.63. The standard InChI is InChI=1S/C23H36O5/c1-14(24)28-15-7-11-22(3)18-9-10-21(2)17(5-6-19(21)20(25)27-4)16(18)8-12-23(22,26)13-15/h15-19,26H,5-13H2,1-4H3/t15-,16-,17-,18-,19+,21-,22+,23-/m0/s1. The van der Waals surface area contributed by atoms with Crippen molar-refractivity contribution in [3.05, 3.63) is 0 Å². The summed E-state index contributed by atoms with van der Waals surface area (Å²) in [6, 6.07) is 0. The predicted octanol–water partition coefficient (Wildman–Crippen LogP) is 3.86. The number of carbonyl (C=O) groups excluding carboxylic acids is 2. The Hall–Kier alpha value is -1.10. The summed E-state index contributed by atoms with van der Waals surface area (Å²) in [7, 11) is 1.51. The van der Waals surface area contributed by atoms with Crippen LogP contribution < -0.4 is 0 Å². The van der Waals surface area contributed by atoms with Gasteiger partial charge in [0.15, 0.2) is 0 Å². The lowest BCUT2D eigenvalue weighted by atomic mass is 9.43. The van der Waals surface area contributed by atoms with Crippen LogP contribution in [0, 0.1) is 34.5 Å². The molecule has 0 spiro atoms. The minimum Gasteiger partial charge on any atom is -0.469 e. The highest BCUT2D eigenvalue weighted by atomic mass is 16.5. The van der Waals surface area contributed by atoms with Gasteiger partial charge in [-0.25, -0.2) is 0 Å². The number of methoxy groups -OCH3 is 1. The first-order valence-corrected chi connectivity index (χ1v) is 11.1. The molecule has 0 amide bonds. The summed E-state index contributed by atoms with van der Waals surface area (Å²) in [6.07, 6.45) is 8.10. The highest BCUT2D eigenvalue weighted by Gasteiger charge is 2.65. The van der Waals surface area contributed by atoms with Gasteiger partial charge in [0.2, 0.25) is 0 Å². The van der Waals surface area contributed by atoms with E-state index in [2.05, 4.69) is 13.8 Å². The number of carbonyl (C=O) groups is 2. The Labute approximate surface area is 168 Å². The van der Waals surface area contributed by atoms with Crippen molar-refractivity contribution in [3.8, 4) is 0 Å². The Kier molecular flexibility index (Phi) is 4.84. The fraction of sp³-hybridized carbons (Fsp3) is 0.913. The third-order valence-electron chi connectivity index (χ3n) is 9.58. The van der Waals surface area contributed by atoms with Gasteiger partial charge in [-0.2, -0.15) is 0 Å². The van der Waals surface area contributed by atoms with E-state index in [0.717, 1.165) is 51.4 Å². The van der Waals surface area contributed by atoms with E-state index in [0.29, 0.717) is 24.2 Å². The number of hydrogen-bond donors (Lipinski definition) is 1. The van der Waals surface area contributed by atoms with Crippen LogP contribution in [0.1, 0.15) is 78.6 Å². The zero-order valence-electron chi connectivity index (χ0n) is 17.8. The van der Waals surface area contributed by atoms with Crippen molar-refractivity contribution in [2.24, 2.45) is 34.5 Å². The van der Waals surface area contributed by atoms with Crippen LogP contribution in [0.5, 0.6) is 0 Å². The molecule has 0 aliphatic heterocycles. The summed E-state index contributed by atoms with van der Waals surface area (Å²) >= 11 is 0. The molecule has 0 saturated heterocycles. The maximum absolute atomic E-state index is 12.4. The predicted molar refractivity (Wildman–Crippen MR) is 104 cm³/mol. The van der Waals surface area contributed by atoms with Crippen molar-refractivity contribution in [1.29, 1.82) is 0 Å². The van der Waals surface area contributed by atoms with Gasteiger partial charge in [0.1, 0.15) is 6.10 Å². The maximum Gasteiger partial charge on any atom is 0.309 e. The molecule has 1 N–H and O–H groups in total. The SMILES string of the molecule is COC(=O)[C@H]1CC[C@H]2[C@@H]3CC[C@]4(O)C[C@@H](OC(C)=O)CC[C@]4(C)[C@H]3CC[C@]12C. The second-order valence-corrected chi connectivity index (χ2v) is 10.5. The average Bonchev–Trinajstić information content (AvgIpc) is 2.99. The van der Waals surface area contributed by atoms with Crippen LogP contribution in [-0.4, -0.2) is 35.9 Å². The Morgan fingerprint density at radius 1 is 0.964 bits per heavy atom. The zero-order chi connectivity index (χ0) is 20.3. The summed E-state index contributed by atoms with van der Waals surface area (Å²) in [4.78, 5) is 23.8. The molecule has 4 saturated carbocycles. The quantitative estimate of drug-likeness (QED) is 0.722. The molecule has 0 radical (unpaired) electrons. The summed E-state index contributed by atoms with van der Waals surface area (Å²) in [5.74, 6) is 1.34. The zero-order valence-corrected chi connectivity index (χ0v) is 17.8. The van der Waals surface area contributed by atoms with Crippen LogP contribution in [0.25, 0.3) is 0 Å². The Bertz CT molecular complexity index is 661. The van der Waals surface area contributed by atoms with Gasteiger partial charge in [0.25, 0.3) is 0 Å². The van der Waals surface area contributed by atoms with Crippen molar-refractivity contribution in [2.75, 3.05) is 7.11 Å². The molecule has 0 unspecified atom stereocenters. The molecule has 5 nitrogen and oxygen atoms in total. The molecule has 158 valence electrons. The van der Waals surface area contributed by atoms with Gasteiger partial charge in [-0.15, -0.1) is 0 Å². The van der Waals surface area contributed by atoms with Crippen molar-refractivity contribution < 1.29 is 24.2 Å². The van der Waals surface area contributed by atoms with Crippen LogP contribution in [0.4, 0.5) is 0 Å². The number of aliphatic hydroxyl groups is 1. The number of ether oxygens (including phenoxy) is 2. The van der Waals surface area contributed by atoms with E-state index in [1.165, 1.54) is 14.0 Å². The van der Waals surface area contributed by atoms with Gasteiger partial charge in [0.05, 0.1) is 18.6 Å². The molecule has 8 atom stereocenters. The number of esters is 2. The molecule has 0 aromatic heterocycles. The van der Waals surface area contributed by atoms with Crippen molar-refractivity contribution >= 4 is 11.9 Å². The third-order valence-corrected chi connectivity index (χ3v) is 9.58. The van der Waals surface area contributed by atoms with Gasteiger partial charge in [-0.1, -0.05) is 13.8 Å². The normalized spacial score (nSPS) is 50.1. The molecule has 0 aromatic carbocycles. The largest absolute Gasteiger partial charge is 0.469 e. The van der Waals surface area contributed by atoms with Crippen LogP contribution in [0.2, 0.25) is 0 Å².